The second-order valence-electron chi connectivity index (χ2n) is 6.16. The Morgan fingerprint density at radius 2 is 1.12 bits per heavy atom. The summed E-state index contributed by atoms with van der Waals surface area (Å²) in [6, 6.07) is 13.7. The molecule has 0 aliphatic heterocycles. The van der Waals surface area contributed by atoms with Crippen molar-refractivity contribution in [1.82, 2.24) is 10.6 Å². The van der Waals surface area contributed by atoms with E-state index in [0.29, 0.717) is 12.8 Å². The molecule has 2 rings (SSSR count). The van der Waals surface area contributed by atoms with Crippen molar-refractivity contribution in [3.05, 3.63) is 59.7 Å². The number of amides is 2. The molecule has 128 valence electrons. The van der Waals surface area contributed by atoms with E-state index in [0.717, 1.165) is 11.1 Å². The van der Waals surface area contributed by atoms with Gasteiger partial charge in [-0.1, -0.05) is 24.3 Å². The highest BCUT2D eigenvalue weighted by Gasteiger charge is 2.11. The maximum atomic E-state index is 12.1. The molecule has 0 spiro atoms. The molecule has 0 aromatic heterocycles. The minimum absolute atomic E-state index is 0.0181. The Labute approximate surface area is 142 Å². The zero-order valence-electron chi connectivity index (χ0n) is 14.0. The lowest BCUT2D eigenvalue weighted by Gasteiger charge is -2.18. The zero-order valence-corrected chi connectivity index (χ0v) is 14.0. The van der Waals surface area contributed by atoms with Gasteiger partial charge in [0.2, 0.25) is 0 Å². The fraction of sp³-hybridized carbons (Fsp3) is 0.316. The number of phenolic OH excluding ortho intramolecular Hbond substituents is 2. The number of hydrogen-bond donors (Lipinski definition) is 4. The molecule has 5 nitrogen and oxygen atoms in total. The third kappa shape index (κ3) is 5.83. The summed E-state index contributed by atoms with van der Waals surface area (Å²) in [6.07, 6.45) is 1.39. The Morgan fingerprint density at radius 3 is 1.46 bits per heavy atom. The minimum Gasteiger partial charge on any atom is -0.508 e. The predicted molar refractivity (Wildman–Crippen MR) is 94.2 cm³/mol. The van der Waals surface area contributed by atoms with Gasteiger partial charge in [0.05, 0.1) is 0 Å². The first-order valence-electron chi connectivity index (χ1n) is 8.05. The number of nitrogens with one attached hydrogen (secondary N) is 2. The average molecular weight is 328 g/mol. The molecule has 0 unspecified atom stereocenters. The molecule has 24 heavy (non-hydrogen) atoms. The van der Waals surface area contributed by atoms with Gasteiger partial charge < -0.3 is 20.8 Å². The van der Waals surface area contributed by atoms with Crippen LogP contribution in [-0.4, -0.2) is 28.3 Å². The number of aromatic hydroxyl groups is 2. The van der Waals surface area contributed by atoms with Gasteiger partial charge in [0, 0.05) is 12.1 Å². The molecule has 2 aromatic carbocycles. The van der Waals surface area contributed by atoms with Crippen LogP contribution in [-0.2, 0) is 12.8 Å². The number of hydrogen-bond acceptors (Lipinski definition) is 3. The first-order chi connectivity index (χ1) is 11.4. The van der Waals surface area contributed by atoms with Crippen LogP contribution in [0, 0.1) is 0 Å². The molecule has 4 N–H and O–H groups in total. The van der Waals surface area contributed by atoms with Crippen LogP contribution in [0.2, 0.25) is 0 Å². The summed E-state index contributed by atoms with van der Waals surface area (Å²) in [5.41, 5.74) is 2.11. The Bertz CT molecular complexity index is 596. The number of rotatable bonds is 6. The molecular weight excluding hydrogens is 304 g/mol. The molecule has 0 bridgehead atoms. The SMILES string of the molecule is C[C@@H](Cc1ccc(O)cc1)NC(=O)N[C@@H](C)Cc1ccc(O)cc1. The monoisotopic (exact) mass is 328 g/mol. The number of carbonyl (C=O) groups is 1. The molecule has 0 aliphatic carbocycles. The normalized spacial score (nSPS) is 13.1. The molecule has 0 saturated heterocycles. The molecule has 0 heterocycles. The van der Waals surface area contributed by atoms with Gasteiger partial charge >= 0.3 is 6.03 Å². The van der Waals surface area contributed by atoms with Crippen molar-refractivity contribution in [3.8, 4) is 11.5 Å². The maximum Gasteiger partial charge on any atom is 0.315 e. The summed E-state index contributed by atoms with van der Waals surface area (Å²) in [5.74, 6) is 0.473. The molecule has 0 radical (unpaired) electrons. The highest BCUT2D eigenvalue weighted by atomic mass is 16.3. The van der Waals surface area contributed by atoms with E-state index in [1.54, 1.807) is 24.3 Å². The van der Waals surface area contributed by atoms with E-state index in [9.17, 15) is 15.0 Å². The lowest BCUT2D eigenvalue weighted by atomic mass is 10.1. The van der Waals surface area contributed by atoms with Crippen molar-refractivity contribution in [2.24, 2.45) is 0 Å². The van der Waals surface area contributed by atoms with Gasteiger partial charge in [-0.05, 0) is 62.1 Å². The van der Waals surface area contributed by atoms with Gasteiger partial charge in [0.25, 0.3) is 0 Å². The summed E-state index contributed by atoms with van der Waals surface area (Å²) >= 11 is 0. The summed E-state index contributed by atoms with van der Waals surface area (Å²) in [7, 11) is 0. The molecule has 2 amide bonds. The predicted octanol–water partition coefficient (Wildman–Crippen LogP) is 2.96. The third-order valence-electron chi connectivity index (χ3n) is 3.71. The Morgan fingerprint density at radius 1 is 0.792 bits per heavy atom. The summed E-state index contributed by atoms with van der Waals surface area (Å²) in [6.45, 7) is 3.88. The van der Waals surface area contributed by atoms with E-state index in [2.05, 4.69) is 10.6 Å². The van der Waals surface area contributed by atoms with Crippen LogP contribution in [0.25, 0.3) is 0 Å². The van der Waals surface area contributed by atoms with E-state index in [1.165, 1.54) is 0 Å². The highest BCUT2D eigenvalue weighted by molar-refractivity contribution is 5.74. The largest absolute Gasteiger partial charge is 0.508 e. The van der Waals surface area contributed by atoms with E-state index in [-0.39, 0.29) is 29.6 Å². The lowest BCUT2D eigenvalue weighted by molar-refractivity contribution is 0.234. The second kappa shape index (κ2) is 8.24. The first kappa shape index (κ1) is 17.7. The molecule has 2 atom stereocenters. The van der Waals surface area contributed by atoms with Crippen LogP contribution in [0.15, 0.2) is 48.5 Å². The first-order valence-corrected chi connectivity index (χ1v) is 8.05. The van der Waals surface area contributed by atoms with Crippen molar-refractivity contribution in [2.45, 2.75) is 38.8 Å². The Hall–Kier alpha value is -2.69. The van der Waals surface area contributed by atoms with Crippen LogP contribution in [0.3, 0.4) is 0 Å². The quantitative estimate of drug-likeness (QED) is 0.658. The van der Waals surface area contributed by atoms with Gasteiger partial charge in [-0.3, -0.25) is 0 Å². The molecule has 0 fully saturated rings. The van der Waals surface area contributed by atoms with Gasteiger partial charge in [0.15, 0.2) is 0 Å². The minimum atomic E-state index is -0.201. The number of benzene rings is 2. The van der Waals surface area contributed by atoms with Gasteiger partial charge in [-0.15, -0.1) is 0 Å². The molecule has 5 heteroatoms. The van der Waals surface area contributed by atoms with Crippen molar-refractivity contribution < 1.29 is 15.0 Å². The number of carbonyl (C=O) groups excluding carboxylic acids is 1. The fourth-order valence-corrected chi connectivity index (χ4v) is 2.56. The van der Waals surface area contributed by atoms with E-state index in [4.69, 9.17) is 0 Å². The van der Waals surface area contributed by atoms with Crippen molar-refractivity contribution >= 4 is 6.03 Å². The lowest BCUT2D eigenvalue weighted by Crippen LogP contribution is -2.45. The van der Waals surface area contributed by atoms with E-state index in [1.807, 2.05) is 38.1 Å². The van der Waals surface area contributed by atoms with Crippen LogP contribution >= 0.6 is 0 Å². The van der Waals surface area contributed by atoms with Crippen molar-refractivity contribution in [3.63, 3.8) is 0 Å². The van der Waals surface area contributed by atoms with E-state index < -0.39 is 0 Å². The smallest absolute Gasteiger partial charge is 0.315 e. The molecule has 0 aliphatic rings. The van der Waals surface area contributed by atoms with Crippen molar-refractivity contribution in [1.29, 1.82) is 0 Å². The molecular formula is C19H24N2O3. The van der Waals surface area contributed by atoms with Crippen molar-refractivity contribution in [2.75, 3.05) is 0 Å². The Balaban J connectivity index is 1.76. The highest BCUT2D eigenvalue weighted by Crippen LogP contribution is 2.12. The van der Waals surface area contributed by atoms with E-state index >= 15 is 0 Å². The van der Waals surface area contributed by atoms with Crippen LogP contribution in [0.5, 0.6) is 11.5 Å². The summed E-state index contributed by atoms with van der Waals surface area (Å²) in [5, 5.41) is 24.4. The van der Waals surface area contributed by atoms with Gasteiger partial charge in [-0.25, -0.2) is 4.79 Å². The van der Waals surface area contributed by atoms with Gasteiger partial charge in [-0.2, -0.15) is 0 Å². The number of phenols is 2. The maximum absolute atomic E-state index is 12.1. The summed E-state index contributed by atoms with van der Waals surface area (Å²) < 4.78 is 0. The Kier molecular flexibility index (Phi) is 6.07. The fourth-order valence-electron chi connectivity index (χ4n) is 2.56. The van der Waals surface area contributed by atoms with Gasteiger partial charge in [0.1, 0.15) is 11.5 Å². The van der Waals surface area contributed by atoms with Crippen LogP contribution in [0.4, 0.5) is 4.79 Å². The molecule has 2 aromatic rings. The third-order valence-corrected chi connectivity index (χ3v) is 3.71. The van der Waals surface area contributed by atoms with Crippen LogP contribution < -0.4 is 10.6 Å². The molecule has 0 saturated carbocycles. The van der Waals surface area contributed by atoms with Crippen LogP contribution in [0.1, 0.15) is 25.0 Å². The standard InChI is InChI=1S/C19H24N2O3/c1-13(11-15-3-7-17(22)8-4-15)20-19(24)21-14(2)12-16-5-9-18(23)10-6-16/h3-10,13-14,22-23H,11-12H2,1-2H3,(H2,20,21,24)/t13-,14-/m0/s1. The second-order valence-corrected chi connectivity index (χ2v) is 6.16. The zero-order chi connectivity index (χ0) is 17.5. The number of urea groups is 1. The topological polar surface area (TPSA) is 81.6 Å². The summed E-state index contributed by atoms with van der Waals surface area (Å²) in [4.78, 5) is 12.1. The average Bonchev–Trinajstić information content (AvgIpc) is 2.51.